The molecular formula is C11H14ClN3S. The third-order valence-corrected chi connectivity index (χ3v) is 3.77. The van der Waals surface area contributed by atoms with Gasteiger partial charge in [0.1, 0.15) is 5.82 Å². The smallest absolute Gasteiger partial charge is 0.110 e. The molecule has 2 aromatic heterocycles. The lowest BCUT2D eigenvalue weighted by atomic mass is 10.3. The van der Waals surface area contributed by atoms with Crippen LogP contribution in [0.25, 0.3) is 10.6 Å². The van der Waals surface area contributed by atoms with E-state index in [1.54, 1.807) is 11.3 Å². The maximum absolute atomic E-state index is 5.95. The van der Waals surface area contributed by atoms with Crippen LogP contribution in [-0.4, -0.2) is 16.1 Å². The fraction of sp³-hybridized carbons (Fsp3) is 0.364. The molecule has 16 heavy (non-hydrogen) atoms. The Morgan fingerprint density at radius 2 is 2.25 bits per heavy atom. The third kappa shape index (κ3) is 2.00. The van der Waals surface area contributed by atoms with Crippen LogP contribution in [0.3, 0.4) is 0 Å². The Labute approximate surface area is 104 Å². The minimum Gasteiger partial charge on any atom is -0.330 e. The monoisotopic (exact) mass is 255 g/mol. The molecule has 0 saturated heterocycles. The third-order valence-electron chi connectivity index (χ3n) is 2.54. The molecule has 2 aromatic rings. The number of thiophene rings is 1. The lowest BCUT2D eigenvalue weighted by Gasteiger charge is -2.03. The standard InChI is InChI=1S/C11H14ClN3S/c1-7-11(8-3-4-9(12)16-8)15(2)10(14-7)5-6-13/h3-4H,5-6,13H2,1-2H3. The first-order chi connectivity index (χ1) is 7.63. The first kappa shape index (κ1) is 11.6. The highest BCUT2D eigenvalue weighted by molar-refractivity contribution is 7.19. The molecule has 0 radical (unpaired) electrons. The van der Waals surface area contributed by atoms with Crippen LogP contribution in [-0.2, 0) is 13.5 Å². The van der Waals surface area contributed by atoms with Crippen LogP contribution in [0.5, 0.6) is 0 Å². The molecule has 0 aromatic carbocycles. The summed E-state index contributed by atoms with van der Waals surface area (Å²) in [5.41, 5.74) is 7.73. The number of aryl methyl sites for hydroxylation is 1. The van der Waals surface area contributed by atoms with E-state index in [-0.39, 0.29) is 0 Å². The number of rotatable bonds is 3. The van der Waals surface area contributed by atoms with Crippen LogP contribution in [0.2, 0.25) is 4.34 Å². The molecule has 2 rings (SSSR count). The Morgan fingerprint density at radius 1 is 1.50 bits per heavy atom. The van der Waals surface area contributed by atoms with Crippen molar-refractivity contribution in [2.45, 2.75) is 13.3 Å². The summed E-state index contributed by atoms with van der Waals surface area (Å²) in [6.07, 6.45) is 0.802. The average molecular weight is 256 g/mol. The van der Waals surface area contributed by atoms with Gasteiger partial charge in [0, 0.05) is 13.5 Å². The second-order valence-corrected chi connectivity index (χ2v) is 5.38. The van der Waals surface area contributed by atoms with E-state index in [0.29, 0.717) is 6.54 Å². The van der Waals surface area contributed by atoms with Gasteiger partial charge in [0.2, 0.25) is 0 Å². The van der Waals surface area contributed by atoms with Gasteiger partial charge in [-0.25, -0.2) is 4.98 Å². The number of nitrogens with zero attached hydrogens (tertiary/aromatic N) is 2. The quantitative estimate of drug-likeness (QED) is 0.916. The van der Waals surface area contributed by atoms with Crippen LogP contribution in [0.15, 0.2) is 12.1 Å². The maximum Gasteiger partial charge on any atom is 0.110 e. The van der Waals surface area contributed by atoms with Gasteiger partial charge >= 0.3 is 0 Å². The highest BCUT2D eigenvalue weighted by atomic mass is 35.5. The van der Waals surface area contributed by atoms with E-state index >= 15 is 0 Å². The van der Waals surface area contributed by atoms with Crippen LogP contribution in [0.1, 0.15) is 11.5 Å². The molecular weight excluding hydrogens is 242 g/mol. The van der Waals surface area contributed by atoms with Crippen molar-refractivity contribution in [3.05, 3.63) is 28.0 Å². The molecule has 5 heteroatoms. The van der Waals surface area contributed by atoms with Crippen molar-refractivity contribution in [3.8, 4) is 10.6 Å². The Balaban J connectivity index is 2.48. The number of halogens is 1. The van der Waals surface area contributed by atoms with E-state index in [9.17, 15) is 0 Å². The van der Waals surface area contributed by atoms with Crippen LogP contribution >= 0.6 is 22.9 Å². The molecule has 0 aliphatic carbocycles. The Kier molecular flexibility index (Phi) is 3.33. The molecule has 0 fully saturated rings. The van der Waals surface area contributed by atoms with Crippen molar-refractivity contribution in [1.29, 1.82) is 0 Å². The SMILES string of the molecule is Cc1nc(CCN)n(C)c1-c1ccc(Cl)s1. The fourth-order valence-corrected chi connectivity index (χ4v) is 3.01. The van der Waals surface area contributed by atoms with Crippen molar-refractivity contribution < 1.29 is 0 Å². The summed E-state index contributed by atoms with van der Waals surface area (Å²) >= 11 is 7.53. The van der Waals surface area contributed by atoms with E-state index in [1.807, 2.05) is 26.1 Å². The summed E-state index contributed by atoms with van der Waals surface area (Å²) in [5.74, 6) is 1.03. The number of hydrogen-bond acceptors (Lipinski definition) is 3. The van der Waals surface area contributed by atoms with E-state index in [4.69, 9.17) is 17.3 Å². The first-order valence-electron chi connectivity index (χ1n) is 5.11. The molecule has 0 unspecified atom stereocenters. The molecule has 0 amide bonds. The van der Waals surface area contributed by atoms with Crippen LogP contribution in [0.4, 0.5) is 0 Å². The Hall–Kier alpha value is -0.840. The van der Waals surface area contributed by atoms with Crippen LogP contribution < -0.4 is 5.73 Å². The molecule has 86 valence electrons. The Morgan fingerprint density at radius 3 is 2.81 bits per heavy atom. The zero-order valence-electron chi connectivity index (χ0n) is 9.33. The van der Waals surface area contributed by atoms with Crippen molar-refractivity contribution >= 4 is 22.9 Å². The van der Waals surface area contributed by atoms with Crippen molar-refractivity contribution in [2.75, 3.05) is 6.54 Å². The Bertz CT molecular complexity index is 501. The van der Waals surface area contributed by atoms with Crippen LogP contribution in [0, 0.1) is 6.92 Å². The predicted octanol–water partition coefficient (Wildman–Crippen LogP) is 2.61. The summed E-state index contributed by atoms with van der Waals surface area (Å²) in [5, 5.41) is 0. The summed E-state index contributed by atoms with van der Waals surface area (Å²) in [7, 11) is 2.02. The predicted molar refractivity (Wildman–Crippen MR) is 69.0 cm³/mol. The molecule has 0 saturated carbocycles. The van der Waals surface area contributed by atoms with Gasteiger partial charge in [-0.05, 0) is 25.6 Å². The topological polar surface area (TPSA) is 43.8 Å². The molecule has 2 heterocycles. The lowest BCUT2D eigenvalue weighted by Crippen LogP contribution is -2.08. The summed E-state index contributed by atoms with van der Waals surface area (Å²) in [4.78, 5) is 5.69. The van der Waals surface area contributed by atoms with E-state index in [1.165, 1.54) is 0 Å². The average Bonchev–Trinajstić information content (AvgIpc) is 2.74. The second-order valence-electron chi connectivity index (χ2n) is 3.66. The van der Waals surface area contributed by atoms with Crippen molar-refractivity contribution in [1.82, 2.24) is 9.55 Å². The van der Waals surface area contributed by atoms with E-state index < -0.39 is 0 Å². The van der Waals surface area contributed by atoms with Crippen molar-refractivity contribution in [2.24, 2.45) is 12.8 Å². The number of nitrogens with two attached hydrogens (primary N) is 1. The molecule has 0 aliphatic heterocycles. The minimum absolute atomic E-state index is 0.620. The zero-order valence-corrected chi connectivity index (χ0v) is 10.9. The van der Waals surface area contributed by atoms with Gasteiger partial charge in [0.25, 0.3) is 0 Å². The maximum atomic E-state index is 5.95. The van der Waals surface area contributed by atoms with Gasteiger partial charge in [-0.3, -0.25) is 0 Å². The number of aromatic nitrogens is 2. The first-order valence-corrected chi connectivity index (χ1v) is 6.31. The summed E-state index contributed by atoms with van der Waals surface area (Å²) < 4.78 is 2.90. The van der Waals surface area contributed by atoms with E-state index in [2.05, 4.69) is 9.55 Å². The summed E-state index contributed by atoms with van der Waals surface area (Å²) in [6, 6.07) is 3.94. The van der Waals surface area contributed by atoms with Gasteiger partial charge in [0.05, 0.1) is 20.6 Å². The highest BCUT2D eigenvalue weighted by Crippen LogP contribution is 2.33. The van der Waals surface area contributed by atoms with Gasteiger partial charge in [-0.15, -0.1) is 11.3 Å². The van der Waals surface area contributed by atoms with Crippen molar-refractivity contribution in [3.63, 3.8) is 0 Å². The molecule has 3 nitrogen and oxygen atoms in total. The molecule has 0 bridgehead atoms. The molecule has 0 atom stereocenters. The van der Waals surface area contributed by atoms with Gasteiger partial charge in [0.15, 0.2) is 0 Å². The minimum atomic E-state index is 0.620. The molecule has 0 spiro atoms. The second kappa shape index (κ2) is 4.57. The molecule has 2 N–H and O–H groups in total. The van der Waals surface area contributed by atoms with Gasteiger partial charge in [-0.1, -0.05) is 11.6 Å². The van der Waals surface area contributed by atoms with E-state index in [0.717, 1.165) is 32.8 Å². The molecule has 0 aliphatic rings. The number of hydrogen-bond donors (Lipinski definition) is 1. The largest absolute Gasteiger partial charge is 0.330 e. The zero-order chi connectivity index (χ0) is 11.7. The fourth-order valence-electron chi connectivity index (χ4n) is 1.83. The van der Waals surface area contributed by atoms with Gasteiger partial charge < -0.3 is 10.3 Å². The lowest BCUT2D eigenvalue weighted by molar-refractivity contribution is 0.782. The number of imidazole rings is 1. The highest BCUT2D eigenvalue weighted by Gasteiger charge is 2.14. The summed E-state index contributed by atoms with van der Waals surface area (Å²) in [6.45, 7) is 2.64. The van der Waals surface area contributed by atoms with Gasteiger partial charge in [-0.2, -0.15) is 0 Å². The normalized spacial score (nSPS) is 11.0.